The zero-order chi connectivity index (χ0) is 20.2. The van der Waals surface area contributed by atoms with Crippen molar-refractivity contribution in [3.63, 3.8) is 0 Å². The van der Waals surface area contributed by atoms with E-state index >= 15 is 0 Å². The number of hydrogen-bond acceptors (Lipinski definition) is 2. The molecule has 0 spiro atoms. The van der Waals surface area contributed by atoms with E-state index < -0.39 is 52.5 Å². The fraction of sp³-hybridized carbons (Fsp3) is 1.00. The second-order valence-electron chi connectivity index (χ2n) is 10.4. The third kappa shape index (κ3) is 6.12. The number of halogens is 4. The Hall–Kier alpha value is 2.75. The topological polar surface area (TPSA) is 6.48 Å². The summed E-state index contributed by atoms with van der Waals surface area (Å²) in [6.45, 7) is 28.2. The maximum absolute atomic E-state index is 7.69. The van der Waals surface area contributed by atoms with Crippen molar-refractivity contribution in [2.24, 2.45) is 0 Å². The first-order valence-corrected chi connectivity index (χ1v) is 30.9. The van der Waals surface area contributed by atoms with Gasteiger partial charge in [0.1, 0.15) is 0 Å². The van der Waals surface area contributed by atoms with E-state index in [1.54, 1.807) is 0 Å². The van der Waals surface area contributed by atoms with E-state index in [1.807, 2.05) is 0 Å². The summed E-state index contributed by atoms with van der Waals surface area (Å²) >= 11 is 16.2. The van der Waals surface area contributed by atoms with Crippen LogP contribution in [0.4, 0.5) is 0 Å². The Kier molecular flexibility index (Phi) is 8.78. The van der Waals surface area contributed by atoms with Crippen molar-refractivity contribution in [1.29, 1.82) is 0 Å². The van der Waals surface area contributed by atoms with Gasteiger partial charge in [-0.1, -0.05) is 0 Å². The molecule has 0 radical (unpaired) electrons. The van der Waals surface area contributed by atoms with Gasteiger partial charge in [-0.15, -0.1) is 0 Å². The van der Waals surface area contributed by atoms with Crippen LogP contribution in [0.3, 0.4) is 0 Å². The summed E-state index contributed by atoms with van der Waals surface area (Å²) in [5.41, 5.74) is 0. The molecule has 0 aromatic heterocycles. The molecule has 0 N–H and O–H groups in total. The zero-order valence-corrected chi connectivity index (χ0v) is 27.3. The van der Waals surface area contributed by atoms with Gasteiger partial charge in [0.15, 0.2) is 0 Å². The quantitative estimate of drug-likeness (QED) is 0.242. The van der Waals surface area contributed by atoms with Crippen LogP contribution in [0, 0.1) is 0 Å². The summed E-state index contributed by atoms with van der Waals surface area (Å²) in [6, 6.07) is 0. The van der Waals surface area contributed by atoms with Gasteiger partial charge in [-0.2, -0.15) is 0 Å². The van der Waals surface area contributed by atoms with E-state index in [4.69, 9.17) is 43.7 Å². The van der Waals surface area contributed by atoms with Crippen LogP contribution in [-0.2, 0) is 0 Å². The summed E-state index contributed by atoms with van der Waals surface area (Å²) in [5.74, 6) is 0. The van der Waals surface area contributed by atoms with Gasteiger partial charge in [0.25, 0.3) is 0 Å². The first kappa shape index (κ1) is 26.7. The van der Waals surface area contributed by atoms with Gasteiger partial charge in [0, 0.05) is 0 Å². The van der Waals surface area contributed by atoms with Crippen LogP contribution in [0.25, 0.3) is 0 Å². The summed E-state index contributed by atoms with van der Waals surface area (Å²) in [4.78, 5) is 0. The molecule has 11 heteroatoms. The van der Waals surface area contributed by atoms with Gasteiger partial charge in [-0.25, -0.2) is 0 Å². The normalized spacial score (nSPS) is 16.2. The Morgan fingerprint density at radius 2 is 0.708 bits per heavy atom. The first-order chi connectivity index (χ1) is 9.98. The Morgan fingerprint density at radius 3 is 0.792 bits per heavy atom. The van der Waals surface area contributed by atoms with Crippen LogP contribution in [0.2, 0.25) is 78.6 Å². The van der Waals surface area contributed by atoms with Crippen molar-refractivity contribution in [2.75, 3.05) is 0 Å². The first-order valence-electron chi connectivity index (χ1n) is 8.35. The Morgan fingerprint density at radius 1 is 0.542 bits per heavy atom. The molecule has 0 aromatic rings. The van der Waals surface area contributed by atoms with Crippen molar-refractivity contribution in [3.05, 3.63) is 0 Å². The van der Waals surface area contributed by atoms with E-state index in [-0.39, 0.29) is 0 Å². The molecule has 0 aromatic carbocycles. The molecule has 0 rings (SSSR count). The van der Waals surface area contributed by atoms with Crippen LogP contribution in [0.5, 0.6) is 0 Å². The standard InChI is InChI=1S/2C6H18NSi2.CCl3.ClH.Sn/c2*1-8(2,3)7-9(4,5)6;2-1(3)4;;/h2*1-6H3;;1H;/q2*-1;;;+3/p-1. The third-order valence-corrected chi connectivity index (χ3v) is 69.4. The average Bonchev–Trinajstić information content (AvgIpc) is 2.02. The van der Waals surface area contributed by atoms with Gasteiger partial charge in [0.2, 0.25) is 0 Å². The molecule has 0 aliphatic carbocycles. The van der Waals surface area contributed by atoms with E-state index in [0.717, 1.165) is 0 Å². The summed E-state index contributed by atoms with van der Waals surface area (Å²) in [7, 11) is 0.564. The second kappa shape index (κ2) is 7.87. The van der Waals surface area contributed by atoms with E-state index in [1.165, 1.54) is 0 Å². The Labute approximate surface area is 178 Å². The fourth-order valence-electron chi connectivity index (χ4n) is 4.14. The third-order valence-electron chi connectivity index (χ3n) is 3.64. The van der Waals surface area contributed by atoms with E-state index in [2.05, 4.69) is 83.5 Å². The molecule has 0 amide bonds. The Balaban J connectivity index is 6.96. The maximum atomic E-state index is 7.69. The monoisotopic (exact) mass is 592 g/mol. The fourth-order valence-corrected chi connectivity index (χ4v) is 95.6. The van der Waals surface area contributed by atoms with Crippen LogP contribution in [0.15, 0.2) is 0 Å². The van der Waals surface area contributed by atoms with Gasteiger partial charge in [-0.05, 0) is 0 Å². The molecule has 0 atom stereocenters. The summed E-state index contributed by atoms with van der Waals surface area (Å²) < 4.78 is 3.94. The molecule has 0 bridgehead atoms. The molecule has 0 aliphatic heterocycles. The van der Waals surface area contributed by atoms with Crippen molar-refractivity contribution in [1.82, 2.24) is 4.91 Å². The molecule has 2 nitrogen and oxygen atoms in total. The molecule has 0 unspecified atom stereocenters. The second-order valence-corrected chi connectivity index (χ2v) is 52.2. The molecular weight excluding hydrogens is 557 g/mol. The van der Waals surface area contributed by atoms with Crippen molar-refractivity contribution < 1.29 is 0 Å². The predicted molar refractivity (Wildman–Crippen MR) is 129 cm³/mol. The molecule has 0 fully saturated rings. The zero-order valence-electron chi connectivity index (χ0n) is 17.4. The average molecular weight is 593 g/mol. The van der Waals surface area contributed by atoms with Gasteiger partial charge < -0.3 is 0 Å². The van der Waals surface area contributed by atoms with Crippen LogP contribution in [0.1, 0.15) is 0 Å². The number of nitrogens with zero attached hydrogens (tertiary/aromatic N) is 2. The molecule has 146 valence electrons. The molecule has 0 heterocycles. The molecule has 24 heavy (non-hydrogen) atoms. The minimum atomic E-state index is -4.07. The Bertz CT molecular complexity index is 387. The molecular formula is C13H36Cl4N2Si4Sn. The van der Waals surface area contributed by atoms with Crippen molar-refractivity contribution in [3.8, 4) is 0 Å². The van der Waals surface area contributed by atoms with Crippen LogP contribution in [-0.4, -0.2) is 57.5 Å². The van der Waals surface area contributed by atoms with Crippen LogP contribution < -0.4 is 0 Å². The van der Waals surface area contributed by atoms with Crippen LogP contribution >= 0.6 is 43.7 Å². The predicted octanol–water partition coefficient (Wildman–Crippen LogP) is 7.02. The van der Waals surface area contributed by atoms with Gasteiger partial charge in [0.05, 0.1) is 0 Å². The summed E-state index contributed by atoms with van der Waals surface area (Å²) in [6.07, 6.45) is 0. The molecule has 0 saturated carbocycles. The minimum absolute atomic E-state index is 1.39. The SMILES string of the molecule is C[Si](C)(C)[N]([Si](C)(C)C)[Sn]([Cl])([N]([Si](C)(C)C)[Si](C)(C)C)[C](Cl)(Cl)Cl. The molecule has 0 saturated heterocycles. The van der Waals surface area contributed by atoms with E-state index in [0.29, 0.717) is 0 Å². The van der Waals surface area contributed by atoms with E-state index in [9.17, 15) is 0 Å². The number of hydrogen-bond donors (Lipinski definition) is 0. The summed E-state index contributed by atoms with van der Waals surface area (Å²) in [5, 5.41) is 0. The van der Waals surface area contributed by atoms with Crippen molar-refractivity contribution in [2.45, 2.75) is 80.4 Å². The number of rotatable bonds is 6. The van der Waals surface area contributed by atoms with Gasteiger partial charge in [-0.3, -0.25) is 0 Å². The molecule has 0 aliphatic rings. The van der Waals surface area contributed by atoms with Gasteiger partial charge >= 0.3 is 180 Å². The van der Waals surface area contributed by atoms with Crippen molar-refractivity contribution >= 4 is 94.5 Å². The number of alkyl halides is 3.